The van der Waals surface area contributed by atoms with Gasteiger partial charge in [0, 0.05) is 28.2 Å². The smallest absolute Gasteiger partial charge is 0.242 e. The number of aryl methyl sites for hydroxylation is 2. The van der Waals surface area contributed by atoms with E-state index in [2.05, 4.69) is 11.4 Å². The third kappa shape index (κ3) is 6.48. The van der Waals surface area contributed by atoms with E-state index in [4.69, 9.17) is 23.2 Å². The van der Waals surface area contributed by atoms with Crippen molar-refractivity contribution in [2.45, 2.75) is 59.7 Å². The molecule has 2 amide bonds. The first-order valence-electron chi connectivity index (χ1n) is 9.68. The summed E-state index contributed by atoms with van der Waals surface area (Å²) in [6.45, 7) is 9.66. The molecule has 0 aliphatic rings. The van der Waals surface area contributed by atoms with Crippen LogP contribution < -0.4 is 5.32 Å². The summed E-state index contributed by atoms with van der Waals surface area (Å²) in [7, 11) is 0. The molecule has 0 aliphatic carbocycles. The van der Waals surface area contributed by atoms with E-state index in [9.17, 15) is 9.59 Å². The third-order valence-corrected chi connectivity index (χ3v) is 5.33. The topological polar surface area (TPSA) is 49.4 Å². The molecule has 1 N–H and O–H groups in total. The second-order valence-electron chi connectivity index (χ2n) is 7.73. The molecule has 2 aromatic carbocycles. The van der Waals surface area contributed by atoms with Crippen LogP contribution in [-0.2, 0) is 22.6 Å². The molecule has 0 unspecified atom stereocenters. The number of nitrogens with zero attached hydrogens (tertiary/aromatic N) is 1. The fourth-order valence-corrected chi connectivity index (χ4v) is 3.81. The fraction of sp³-hybridized carbons (Fsp3) is 0.391. The van der Waals surface area contributed by atoms with Gasteiger partial charge in [-0.15, -0.1) is 0 Å². The predicted molar refractivity (Wildman–Crippen MR) is 119 cm³/mol. The lowest BCUT2D eigenvalue weighted by molar-refractivity contribution is -0.140. The van der Waals surface area contributed by atoms with Crippen LogP contribution in [0.25, 0.3) is 0 Å². The summed E-state index contributed by atoms with van der Waals surface area (Å²) in [5, 5.41) is 3.82. The Balaban J connectivity index is 2.34. The Morgan fingerprint density at radius 1 is 1.00 bits per heavy atom. The average molecular weight is 435 g/mol. The zero-order valence-corrected chi connectivity index (χ0v) is 19.1. The first-order chi connectivity index (χ1) is 13.6. The van der Waals surface area contributed by atoms with Crippen LogP contribution in [0.15, 0.2) is 36.4 Å². The number of nitrogens with one attached hydrogen (secondary N) is 1. The van der Waals surface area contributed by atoms with Crippen LogP contribution in [0, 0.1) is 13.8 Å². The average Bonchev–Trinajstić information content (AvgIpc) is 2.59. The molecule has 0 radical (unpaired) electrons. The summed E-state index contributed by atoms with van der Waals surface area (Å²) in [6.07, 6.45) is 0.198. The van der Waals surface area contributed by atoms with Crippen LogP contribution in [0.1, 0.15) is 43.0 Å². The Morgan fingerprint density at radius 3 is 2.07 bits per heavy atom. The van der Waals surface area contributed by atoms with Crippen LogP contribution in [-0.4, -0.2) is 28.8 Å². The Morgan fingerprint density at radius 2 is 1.55 bits per heavy atom. The number of carbonyl (C=O) groups excluding carboxylic acids is 2. The molecule has 156 valence electrons. The van der Waals surface area contributed by atoms with Crippen molar-refractivity contribution in [3.63, 3.8) is 0 Å². The van der Waals surface area contributed by atoms with Crippen molar-refractivity contribution in [1.82, 2.24) is 10.2 Å². The zero-order valence-electron chi connectivity index (χ0n) is 17.6. The standard InChI is InChI=1S/C23H28Cl2N2O2/c1-14(2)26-23(29)17(5)27(13-19-20(24)7-6-8-21(19)25)22(28)12-18-10-15(3)9-16(4)11-18/h6-11,14,17H,12-13H2,1-5H3,(H,26,29)/t17-/m1/s1. The molecular weight excluding hydrogens is 407 g/mol. The van der Waals surface area contributed by atoms with Gasteiger partial charge < -0.3 is 10.2 Å². The van der Waals surface area contributed by atoms with Gasteiger partial charge in [0.15, 0.2) is 0 Å². The largest absolute Gasteiger partial charge is 0.352 e. The molecule has 0 saturated heterocycles. The van der Waals surface area contributed by atoms with Crippen LogP contribution in [0.2, 0.25) is 10.0 Å². The van der Waals surface area contributed by atoms with Gasteiger partial charge >= 0.3 is 0 Å². The second-order valence-corrected chi connectivity index (χ2v) is 8.55. The number of carbonyl (C=O) groups is 2. The molecular formula is C23H28Cl2N2O2. The number of hydrogen-bond acceptors (Lipinski definition) is 2. The molecule has 2 aromatic rings. The van der Waals surface area contributed by atoms with E-state index >= 15 is 0 Å². The molecule has 1 atom stereocenters. The van der Waals surface area contributed by atoms with Crippen molar-refractivity contribution in [3.05, 3.63) is 68.7 Å². The normalized spacial score (nSPS) is 12.0. The molecule has 0 saturated carbocycles. The number of halogens is 2. The van der Waals surface area contributed by atoms with E-state index in [1.807, 2.05) is 39.8 Å². The zero-order chi connectivity index (χ0) is 21.7. The van der Waals surface area contributed by atoms with Crippen LogP contribution in [0.3, 0.4) is 0 Å². The van der Waals surface area contributed by atoms with E-state index in [-0.39, 0.29) is 30.8 Å². The minimum atomic E-state index is -0.664. The summed E-state index contributed by atoms with van der Waals surface area (Å²) in [4.78, 5) is 27.4. The van der Waals surface area contributed by atoms with Gasteiger partial charge in [0.25, 0.3) is 0 Å². The highest BCUT2D eigenvalue weighted by Gasteiger charge is 2.27. The van der Waals surface area contributed by atoms with Gasteiger partial charge in [0.05, 0.1) is 6.42 Å². The Kier molecular flexibility index (Phi) is 8.12. The molecule has 29 heavy (non-hydrogen) atoms. The lowest BCUT2D eigenvalue weighted by Gasteiger charge is -2.30. The first-order valence-corrected chi connectivity index (χ1v) is 10.4. The molecule has 0 aromatic heterocycles. The summed E-state index contributed by atoms with van der Waals surface area (Å²) >= 11 is 12.7. The minimum absolute atomic E-state index is 0.0229. The van der Waals surface area contributed by atoms with Crippen molar-refractivity contribution < 1.29 is 9.59 Å². The highest BCUT2D eigenvalue weighted by molar-refractivity contribution is 6.36. The van der Waals surface area contributed by atoms with Crippen molar-refractivity contribution in [2.24, 2.45) is 0 Å². The Labute approximate surface area is 183 Å². The maximum Gasteiger partial charge on any atom is 0.242 e. The molecule has 6 heteroatoms. The quantitative estimate of drug-likeness (QED) is 0.658. The summed E-state index contributed by atoms with van der Waals surface area (Å²) in [6, 6.07) is 10.6. The van der Waals surface area contributed by atoms with Gasteiger partial charge in [-0.2, -0.15) is 0 Å². The Bertz CT molecular complexity index is 856. The molecule has 0 aliphatic heterocycles. The first kappa shape index (κ1) is 23.2. The number of benzene rings is 2. The molecule has 2 rings (SSSR count). The maximum absolute atomic E-state index is 13.3. The van der Waals surface area contributed by atoms with Crippen molar-refractivity contribution >= 4 is 35.0 Å². The van der Waals surface area contributed by atoms with Crippen molar-refractivity contribution in [3.8, 4) is 0 Å². The minimum Gasteiger partial charge on any atom is -0.352 e. The Hall–Kier alpha value is -2.04. The van der Waals surface area contributed by atoms with Crippen LogP contribution >= 0.6 is 23.2 Å². The van der Waals surface area contributed by atoms with Gasteiger partial charge in [0.2, 0.25) is 11.8 Å². The molecule has 0 fully saturated rings. The SMILES string of the molecule is Cc1cc(C)cc(CC(=O)N(Cc2c(Cl)cccc2Cl)[C@H](C)C(=O)NC(C)C)c1. The number of amides is 2. The maximum atomic E-state index is 13.3. The van der Waals surface area contributed by atoms with E-state index in [1.165, 1.54) is 0 Å². The highest BCUT2D eigenvalue weighted by Crippen LogP contribution is 2.27. The monoisotopic (exact) mass is 434 g/mol. The van der Waals surface area contributed by atoms with E-state index in [0.717, 1.165) is 16.7 Å². The van der Waals surface area contributed by atoms with Crippen LogP contribution in [0.5, 0.6) is 0 Å². The van der Waals surface area contributed by atoms with Gasteiger partial charge in [-0.05, 0) is 52.3 Å². The second kappa shape index (κ2) is 10.1. The van der Waals surface area contributed by atoms with Gasteiger partial charge in [0.1, 0.15) is 6.04 Å². The fourth-order valence-electron chi connectivity index (χ4n) is 3.29. The van der Waals surface area contributed by atoms with E-state index in [1.54, 1.807) is 30.0 Å². The molecule has 4 nitrogen and oxygen atoms in total. The van der Waals surface area contributed by atoms with Gasteiger partial charge in [-0.1, -0.05) is 58.6 Å². The molecule has 0 bridgehead atoms. The number of hydrogen-bond donors (Lipinski definition) is 1. The van der Waals surface area contributed by atoms with Gasteiger partial charge in [-0.25, -0.2) is 0 Å². The van der Waals surface area contributed by atoms with Crippen LogP contribution in [0.4, 0.5) is 0 Å². The van der Waals surface area contributed by atoms with Crippen molar-refractivity contribution in [2.75, 3.05) is 0 Å². The lowest BCUT2D eigenvalue weighted by atomic mass is 10.0. The van der Waals surface area contributed by atoms with E-state index in [0.29, 0.717) is 15.6 Å². The summed E-state index contributed by atoms with van der Waals surface area (Å²) < 4.78 is 0. The number of rotatable bonds is 7. The van der Waals surface area contributed by atoms with E-state index < -0.39 is 6.04 Å². The van der Waals surface area contributed by atoms with Gasteiger partial charge in [-0.3, -0.25) is 9.59 Å². The highest BCUT2D eigenvalue weighted by atomic mass is 35.5. The van der Waals surface area contributed by atoms with Crippen molar-refractivity contribution in [1.29, 1.82) is 0 Å². The third-order valence-electron chi connectivity index (χ3n) is 4.63. The molecule has 0 heterocycles. The lowest BCUT2D eigenvalue weighted by Crippen LogP contribution is -2.49. The summed E-state index contributed by atoms with van der Waals surface area (Å²) in [5.74, 6) is -0.366. The molecule has 0 spiro atoms. The predicted octanol–water partition coefficient (Wildman–Crippen LogP) is 5.09. The summed E-state index contributed by atoms with van der Waals surface area (Å²) in [5.41, 5.74) is 3.74.